The third-order valence-electron chi connectivity index (χ3n) is 4.24. The zero-order chi connectivity index (χ0) is 18.9. The number of hydrogen-bond acceptors (Lipinski definition) is 5. The molecule has 0 aliphatic carbocycles. The average molecular weight is 385 g/mol. The predicted octanol–water partition coefficient (Wildman–Crippen LogP) is 3.49. The van der Waals surface area contributed by atoms with E-state index in [9.17, 15) is 18.0 Å². The topological polar surface area (TPSA) is 72.1 Å². The van der Waals surface area contributed by atoms with Gasteiger partial charge in [0.25, 0.3) is 0 Å². The van der Waals surface area contributed by atoms with Crippen LogP contribution in [0.1, 0.15) is 29.5 Å². The Morgan fingerprint density at radius 3 is 2.50 bits per heavy atom. The lowest BCUT2D eigenvalue weighted by Crippen LogP contribution is -2.35. The lowest BCUT2D eigenvalue weighted by atomic mass is 10.0. The number of carbonyl (C=O) groups excluding carboxylic acids is 1. The van der Waals surface area contributed by atoms with E-state index >= 15 is 0 Å². The number of piperidine rings is 1. The van der Waals surface area contributed by atoms with Gasteiger partial charge < -0.3 is 10.6 Å². The number of aromatic nitrogens is 2. The summed E-state index contributed by atoms with van der Waals surface area (Å²) >= 11 is 6.05. The Kier molecular flexibility index (Phi) is 5.04. The van der Waals surface area contributed by atoms with Crippen LogP contribution in [0.2, 0.25) is 5.02 Å². The number of halogens is 4. The summed E-state index contributed by atoms with van der Waals surface area (Å²) < 4.78 is 38.3. The molecule has 3 rings (SSSR count). The van der Waals surface area contributed by atoms with Gasteiger partial charge in [0.1, 0.15) is 11.6 Å². The molecular formula is C17H16ClF3N4O. The van der Waals surface area contributed by atoms with Crippen LogP contribution in [0.3, 0.4) is 0 Å². The minimum Gasteiger partial charge on any atom is -0.368 e. The maximum absolute atomic E-state index is 12.8. The van der Waals surface area contributed by atoms with Crippen molar-refractivity contribution in [2.75, 3.05) is 23.7 Å². The van der Waals surface area contributed by atoms with E-state index in [0.717, 1.165) is 12.1 Å². The van der Waals surface area contributed by atoms with E-state index < -0.39 is 11.7 Å². The third-order valence-corrected chi connectivity index (χ3v) is 4.59. The van der Waals surface area contributed by atoms with Crippen molar-refractivity contribution in [1.29, 1.82) is 0 Å². The highest BCUT2D eigenvalue weighted by molar-refractivity contribution is 6.31. The summed E-state index contributed by atoms with van der Waals surface area (Å²) in [5.41, 5.74) is 6.11. The molecule has 0 radical (unpaired) electrons. The van der Waals surface area contributed by atoms with E-state index in [1.54, 1.807) is 6.20 Å². The molecule has 1 aliphatic rings. The summed E-state index contributed by atoms with van der Waals surface area (Å²) in [5, 5.41) is 0.0245. The second-order valence-electron chi connectivity index (χ2n) is 6.08. The van der Waals surface area contributed by atoms with Gasteiger partial charge in [-0.1, -0.05) is 17.7 Å². The molecule has 26 heavy (non-hydrogen) atoms. The van der Waals surface area contributed by atoms with E-state index in [-0.39, 0.29) is 23.2 Å². The standard InChI is InChI=1S/C17H16ClF3N4O/c18-14-8-12(17(19,20)21)2-1-10(14)7-11-9-23-16(22)24-15(11)25-5-3-13(26)4-6-25/h1-2,8-9H,3-7H2,(H2,22,23,24). The second kappa shape index (κ2) is 7.11. The summed E-state index contributed by atoms with van der Waals surface area (Å²) in [6, 6.07) is 3.26. The van der Waals surface area contributed by atoms with Crippen molar-refractivity contribution in [2.24, 2.45) is 0 Å². The van der Waals surface area contributed by atoms with Gasteiger partial charge in [-0.15, -0.1) is 0 Å². The number of Topliss-reactive ketones (excluding diaryl/α,β-unsaturated/α-hetero) is 1. The van der Waals surface area contributed by atoms with Gasteiger partial charge in [0.2, 0.25) is 5.95 Å². The smallest absolute Gasteiger partial charge is 0.368 e. The quantitative estimate of drug-likeness (QED) is 0.877. The summed E-state index contributed by atoms with van der Waals surface area (Å²) in [4.78, 5) is 21.6. The number of alkyl halides is 3. The minimum absolute atomic E-state index is 0.0245. The van der Waals surface area contributed by atoms with Crippen molar-refractivity contribution < 1.29 is 18.0 Å². The molecule has 9 heteroatoms. The largest absolute Gasteiger partial charge is 0.416 e. The Morgan fingerprint density at radius 2 is 1.88 bits per heavy atom. The van der Waals surface area contributed by atoms with Gasteiger partial charge in [0.15, 0.2) is 0 Å². The Bertz CT molecular complexity index is 831. The highest BCUT2D eigenvalue weighted by Gasteiger charge is 2.31. The summed E-state index contributed by atoms with van der Waals surface area (Å²) in [7, 11) is 0. The molecule has 0 spiro atoms. The summed E-state index contributed by atoms with van der Waals surface area (Å²) in [5.74, 6) is 0.871. The molecule has 5 nitrogen and oxygen atoms in total. The van der Waals surface area contributed by atoms with Gasteiger partial charge in [-0.3, -0.25) is 4.79 Å². The lowest BCUT2D eigenvalue weighted by Gasteiger charge is -2.28. The molecule has 2 aromatic rings. The first-order chi connectivity index (χ1) is 12.2. The van der Waals surface area contributed by atoms with E-state index in [2.05, 4.69) is 9.97 Å². The normalized spacial score (nSPS) is 15.4. The third kappa shape index (κ3) is 4.07. The first-order valence-electron chi connectivity index (χ1n) is 7.97. The Morgan fingerprint density at radius 1 is 1.19 bits per heavy atom. The van der Waals surface area contributed by atoms with Crippen LogP contribution in [-0.4, -0.2) is 28.8 Å². The molecule has 2 N–H and O–H groups in total. The average Bonchev–Trinajstić information content (AvgIpc) is 2.58. The zero-order valence-electron chi connectivity index (χ0n) is 13.7. The van der Waals surface area contributed by atoms with E-state index in [1.807, 2.05) is 4.90 Å². The Labute approximate surface area is 153 Å². The Balaban J connectivity index is 1.89. The number of ketones is 1. The first kappa shape index (κ1) is 18.4. The van der Waals surface area contributed by atoms with Gasteiger partial charge in [-0.2, -0.15) is 18.2 Å². The lowest BCUT2D eigenvalue weighted by molar-refractivity contribution is -0.137. The number of hydrogen-bond donors (Lipinski definition) is 1. The maximum atomic E-state index is 12.8. The molecule has 138 valence electrons. The van der Waals surface area contributed by atoms with Crippen LogP contribution < -0.4 is 10.6 Å². The maximum Gasteiger partial charge on any atom is 0.416 e. The van der Waals surface area contributed by atoms with Crippen LogP contribution in [0, 0.1) is 0 Å². The van der Waals surface area contributed by atoms with Crippen molar-refractivity contribution >= 4 is 29.2 Å². The van der Waals surface area contributed by atoms with Crippen molar-refractivity contribution in [3.8, 4) is 0 Å². The fraction of sp³-hybridized carbons (Fsp3) is 0.353. The van der Waals surface area contributed by atoms with Crippen LogP contribution in [0.4, 0.5) is 24.9 Å². The molecule has 0 atom stereocenters. The van der Waals surface area contributed by atoms with Crippen molar-refractivity contribution in [3.05, 3.63) is 46.1 Å². The molecule has 1 saturated heterocycles. The molecular weight excluding hydrogens is 369 g/mol. The SMILES string of the molecule is Nc1ncc(Cc2ccc(C(F)(F)F)cc2Cl)c(N2CCC(=O)CC2)n1. The van der Waals surface area contributed by atoms with Crippen LogP contribution in [0.15, 0.2) is 24.4 Å². The monoisotopic (exact) mass is 384 g/mol. The highest BCUT2D eigenvalue weighted by atomic mass is 35.5. The summed E-state index contributed by atoms with van der Waals surface area (Å²) in [6.07, 6.45) is -1.80. The van der Waals surface area contributed by atoms with Gasteiger partial charge in [0.05, 0.1) is 5.56 Å². The second-order valence-corrected chi connectivity index (χ2v) is 6.49. The number of rotatable bonds is 3. The fourth-order valence-corrected chi connectivity index (χ4v) is 3.10. The molecule has 1 fully saturated rings. The number of nitrogens with two attached hydrogens (primary N) is 1. The van der Waals surface area contributed by atoms with Crippen LogP contribution in [0.25, 0.3) is 0 Å². The molecule has 0 unspecified atom stereocenters. The van der Waals surface area contributed by atoms with Gasteiger partial charge >= 0.3 is 6.18 Å². The first-order valence-corrected chi connectivity index (χ1v) is 8.35. The zero-order valence-corrected chi connectivity index (χ0v) is 14.4. The number of nitrogens with zero attached hydrogens (tertiary/aromatic N) is 3. The van der Waals surface area contributed by atoms with Crippen molar-refractivity contribution in [2.45, 2.75) is 25.4 Å². The fourth-order valence-electron chi connectivity index (χ4n) is 2.85. The minimum atomic E-state index is -4.45. The van der Waals surface area contributed by atoms with Crippen LogP contribution in [-0.2, 0) is 17.4 Å². The van der Waals surface area contributed by atoms with Gasteiger partial charge in [-0.25, -0.2) is 4.98 Å². The van der Waals surface area contributed by atoms with E-state index in [0.29, 0.717) is 42.9 Å². The number of carbonyl (C=O) groups is 1. The predicted molar refractivity (Wildman–Crippen MR) is 92.2 cm³/mol. The molecule has 0 bridgehead atoms. The molecule has 2 heterocycles. The molecule has 1 aromatic carbocycles. The van der Waals surface area contributed by atoms with Crippen molar-refractivity contribution in [1.82, 2.24) is 9.97 Å². The molecule has 1 aromatic heterocycles. The van der Waals surface area contributed by atoms with Gasteiger partial charge in [-0.05, 0) is 17.7 Å². The Hall–Kier alpha value is -2.35. The van der Waals surface area contributed by atoms with Crippen LogP contribution >= 0.6 is 11.6 Å². The van der Waals surface area contributed by atoms with E-state index in [4.69, 9.17) is 17.3 Å². The molecule has 1 aliphatic heterocycles. The molecule has 0 saturated carbocycles. The van der Waals surface area contributed by atoms with Crippen molar-refractivity contribution in [3.63, 3.8) is 0 Å². The number of nitrogen functional groups attached to an aromatic ring is 1. The number of anilines is 2. The number of benzene rings is 1. The summed E-state index contributed by atoms with van der Waals surface area (Å²) in [6.45, 7) is 1.03. The van der Waals surface area contributed by atoms with Crippen LogP contribution in [0.5, 0.6) is 0 Å². The highest BCUT2D eigenvalue weighted by Crippen LogP contribution is 2.33. The molecule has 0 amide bonds. The van der Waals surface area contributed by atoms with Gasteiger partial charge in [0, 0.05) is 49.1 Å². The van der Waals surface area contributed by atoms with E-state index in [1.165, 1.54) is 6.07 Å².